The number of hydrogen-bond donors (Lipinski definition) is 1. The SMILES string of the molecule is O=S(=O)(NCC(c1ccsc1)N1CCc2ccccc2C1)C1CCCCC1. The van der Waals surface area contributed by atoms with Crippen molar-refractivity contribution in [1.29, 1.82) is 0 Å². The maximum atomic E-state index is 12.8. The number of rotatable bonds is 6. The third kappa shape index (κ3) is 4.45. The van der Waals surface area contributed by atoms with Crippen molar-refractivity contribution in [3.63, 3.8) is 0 Å². The van der Waals surface area contributed by atoms with Crippen molar-refractivity contribution in [3.8, 4) is 0 Å². The summed E-state index contributed by atoms with van der Waals surface area (Å²) < 4.78 is 28.6. The zero-order valence-electron chi connectivity index (χ0n) is 15.6. The quantitative estimate of drug-likeness (QED) is 0.789. The standard InChI is InChI=1S/C21H28N2O2S2/c24-27(25,20-8-2-1-3-9-20)22-14-21(19-11-13-26-16-19)23-12-10-17-6-4-5-7-18(17)15-23/h4-7,11,13,16,20-22H,1-3,8-10,12,14-15H2. The molecule has 0 amide bonds. The average molecular weight is 405 g/mol. The topological polar surface area (TPSA) is 49.4 Å². The van der Waals surface area contributed by atoms with E-state index >= 15 is 0 Å². The van der Waals surface area contributed by atoms with E-state index < -0.39 is 10.0 Å². The maximum Gasteiger partial charge on any atom is 0.214 e. The summed E-state index contributed by atoms with van der Waals surface area (Å²) in [6, 6.07) is 10.8. The molecule has 0 radical (unpaired) electrons. The summed E-state index contributed by atoms with van der Waals surface area (Å²) in [6.07, 6.45) is 5.85. The van der Waals surface area contributed by atoms with Crippen molar-refractivity contribution < 1.29 is 8.42 Å². The molecule has 1 aromatic carbocycles. The first-order chi connectivity index (χ1) is 13.1. The van der Waals surface area contributed by atoms with E-state index in [1.807, 2.05) is 0 Å². The van der Waals surface area contributed by atoms with Gasteiger partial charge < -0.3 is 0 Å². The molecule has 0 bridgehead atoms. The lowest BCUT2D eigenvalue weighted by Gasteiger charge is -2.36. The van der Waals surface area contributed by atoms with Gasteiger partial charge in [0.2, 0.25) is 10.0 Å². The number of sulfonamides is 1. The monoisotopic (exact) mass is 404 g/mol. The number of fused-ring (bicyclic) bond motifs is 1. The zero-order valence-corrected chi connectivity index (χ0v) is 17.3. The predicted octanol–water partition coefficient (Wildman–Crippen LogP) is 4.10. The fraction of sp³-hybridized carbons (Fsp3) is 0.524. The molecule has 2 aromatic rings. The first kappa shape index (κ1) is 19.1. The summed E-state index contributed by atoms with van der Waals surface area (Å²) in [6.45, 7) is 2.29. The molecule has 4 nitrogen and oxygen atoms in total. The van der Waals surface area contributed by atoms with Gasteiger partial charge in [0, 0.05) is 25.7 Å². The number of benzene rings is 1. The van der Waals surface area contributed by atoms with Gasteiger partial charge in [-0.25, -0.2) is 13.1 Å². The predicted molar refractivity (Wildman–Crippen MR) is 111 cm³/mol. The highest BCUT2D eigenvalue weighted by atomic mass is 32.2. The summed E-state index contributed by atoms with van der Waals surface area (Å²) in [7, 11) is -3.24. The van der Waals surface area contributed by atoms with Crippen molar-refractivity contribution in [1.82, 2.24) is 9.62 Å². The van der Waals surface area contributed by atoms with Crippen LogP contribution < -0.4 is 4.72 Å². The Balaban J connectivity index is 1.49. The van der Waals surface area contributed by atoms with E-state index in [-0.39, 0.29) is 11.3 Å². The van der Waals surface area contributed by atoms with Crippen LogP contribution in [-0.2, 0) is 23.0 Å². The largest absolute Gasteiger partial charge is 0.290 e. The van der Waals surface area contributed by atoms with Crippen LogP contribution in [0.25, 0.3) is 0 Å². The van der Waals surface area contributed by atoms with E-state index in [2.05, 4.69) is 50.7 Å². The van der Waals surface area contributed by atoms with E-state index in [9.17, 15) is 8.42 Å². The van der Waals surface area contributed by atoms with Crippen LogP contribution in [0.1, 0.15) is 54.8 Å². The molecule has 1 N–H and O–H groups in total. The van der Waals surface area contributed by atoms with Crippen LogP contribution in [0.5, 0.6) is 0 Å². The molecular formula is C21H28N2O2S2. The number of thiophene rings is 1. The van der Waals surface area contributed by atoms with Crippen molar-refractivity contribution >= 4 is 21.4 Å². The minimum Gasteiger partial charge on any atom is -0.290 e. The summed E-state index contributed by atoms with van der Waals surface area (Å²) in [5.41, 5.74) is 3.99. The molecule has 1 saturated carbocycles. The minimum atomic E-state index is -3.24. The molecule has 2 heterocycles. The average Bonchev–Trinajstić information content (AvgIpc) is 3.23. The van der Waals surface area contributed by atoms with Crippen LogP contribution >= 0.6 is 11.3 Å². The third-order valence-corrected chi connectivity index (χ3v) is 8.62. The number of nitrogens with one attached hydrogen (secondary N) is 1. The first-order valence-electron chi connectivity index (χ1n) is 9.95. The van der Waals surface area contributed by atoms with Crippen LogP contribution in [-0.4, -0.2) is 31.7 Å². The van der Waals surface area contributed by atoms with Gasteiger partial charge in [0.25, 0.3) is 0 Å². The van der Waals surface area contributed by atoms with Crippen LogP contribution in [0.3, 0.4) is 0 Å². The van der Waals surface area contributed by atoms with Gasteiger partial charge in [-0.3, -0.25) is 4.90 Å². The van der Waals surface area contributed by atoms with E-state index in [0.29, 0.717) is 6.54 Å². The molecule has 1 aromatic heterocycles. The summed E-state index contributed by atoms with van der Waals surface area (Å²) >= 11 is 1.68. The smallest absolute Gasteiger partial charge is 0.214 e. The Morgan fingerprint density at radius 3 is 2.63 bits per heavy atom. The van der Waals surface area contributed by atoms with E-state index in [4.69, 9.17) is 0 Å². The van der Waals surface area contributed by atoms with Crippen molar-refractivity contribution in [3.05, 3.63) is 57.8 Å². The van der Waals surface area contributed by atoms with E-state index in [1.54, 1.807) is 11.3 Å². The van der Waals surface area contributed by atoms with E-state index in [1.165, 1.54) is 16.7 Å². The summed E-state index contributed by atoms with van der Waals surface area (Å²) in [4.78, 5) is 2.42. The molecule has 1 fully saturated rings. The highest BCUT2D eigenvalue weighted by Crippen LogP contribution is 2.29. The highest BCUT2D eigenvalue weighted by Gasteiger charge is 2.30. The molecule has 146 valence electrons. The van der Waals surface area contributed by atoms with Gasteiger partial charge in [-0.1, -0.05) is 43.5 Å². The van der Waals surface area contributed by atoms with Crippen molar-refractivity contribution in [2.45, 2.75) is 56.4 Å². The molecule has 1 aliphatic carbocycles. The molecule has 0 spiro atoms. The molecule has 1 unspecified atom stereocenters. The van der Waals surface area contributed by atoms with Crippen LogP contribution in [0.15, 0.2) is 41.1 Å². The Hall–Kier alpha value is -1.21. The molecule has 27 heavy (non-hydrogen) atoms. The second-order valence-corrected chi connectivity index (χ2v) is 10.5. The van der Waals surface area contributed by atoms with Crippen LogP contribution in [0, 0.1) is 0 Å². The van der Waals surface area contributed by atoms with Gasteiger partial charge in [-0.2, -0.15) is 11.3 Å². The van der Waals surface area contributed by atoms with E-state index in [0.717, 1.165) is 51.6 Å². The lowest BCUT2D eigenvalue weighted by atomic mass is 9.97. The first-order valence-corrected chi connectivity index (χ1v) is 12.4. The third-order valence-electron chi connectivity index (χ3n) is 6.00. The molecule has 2 aliphatic rings. The zero-order chi connectivity index (χ0) is 18.7. The Morgan fingerprint density at radius 2 is 1.89 bits per heavy atom. The lowest BCUT2D eigenvalue weighted by Crippen LogP contribution is -2.43. The van der Waals surface area contributed by atoms with Crippen LogP contribution in [0.4, 0.5) is 0 Å². The summed E-state index contributed by atoms with van der Waals surface area (Å²) in [5, 5.41) is 4.02. The number of hydrogen-bond acceptors (Lipinski definition) is 4. The molecule has 4 rings (SSSR count). The molecule has 6 heteroatoms. The highest BCUT2D eigenvalue weighted by molar-refractivity contribution is 7.90. The van der Waals surface area contributed by atoms with Gasteiger partial charge in [-0.05, 0) is 52.8 Å². The Morgan fingerprint density at radius 1 is 1.11 bits per heavy atom. The maximum absolute atomic E-state index is 12.8. The van der Waals surface area contributed by atoms with Gasteiger partial charge in [0.15, 0.2) is 0 Å². The second-order valence-electron chi connectivity index (χ2n) is 7.72. The van der Waals surface area contributed by atoms with Gasteiger partial charge >= 0.3 is 0 Å². The normalized spacial score (nSPS) is 20.3. The van der Waals surface area contributed by atoms with Crippen molar-refractivity contribution in [2.24, 2.45) is 0 Å². The lowest BCUT2D eigenvalue weighted by molar-refractivity contribution is 0.180. The Kier molecular flexibility index (Phi) is 5.97. The molecule has 0 saturated heterocycles. The van der Waals surface area contributed by atoms with Gasteiger partial charge in [0.1, 0.15) is 0 Å². The number of nitrogens with zero attached hydrogens (tertiary/aromatic N) is 1. The fourth-order valence-corrected chi connectivity index (χ4v) is 6.68. The van der Waals surface area contributed by atoms with Gasteiger partial charge in [0.05, 0.1) is 5.25 Å². The van der Waals surface area contributed by atoms with Crippen molar-refractivity contribution in [2.75, 3.05) is 13.1 Å². The molecular weight excluding hydrogens is 376 g/mol. The fourth-order valence-electron chi connectivity index (χ4n) is 4.39. The Bertz CT molecular complexity index is 843. The summed E-state index contributed by atoms with van der Waals surface area (Å²) in [5.74, 6) is 0. The minimum absolute atomic E-state index is 0.0861. The second kappa shape index (κ2) is 8.43. The Labute approximate surface area is 166 Å². The molecule has 1 aliphatic heterocycles. The van der Waals surface area contributed by atoms with Crippen LogP contribution in [0.2, 0.25) is 0 Å². The van der Waals surface area contributed by atoms with Gasteiger partial charge in [-0.15, -0.1) is 0 Å². The molecule has 1 atom stereocenters.